The summed E-state index contributed by atoms with van der Waals surface area (Å²) in [5, 5.41) is 23.7. The summed E-state index contributed by atoms with van der Waals surface area (Å²) >= 11 is 0. The van der Waals surface area contributed by atoms with Crippen molar-refractivity contribution >= 4 is 11.9 Å². The molecule has 0 saturated heterocycles. The van der Waals surface area contributed by atoms with E-state index in [0.717, 1.165) is 77.0 Å². The van der Waals surface area contributed by atoms with E-state index in [-0.39, 0.29) is 24.9 Å². The first kappa shape index (κ1) is 59.0. The zero-order chi connectivity index (χ0) is 45.2. The Bertz CT molecular complexity index is 1200. The van der Waals surface area contributed by atoms with Crippen LogP contribution in [0.4, 0.5) is 0 Å². The second-order valence-corrected chi connectivity index (χ2v) is 17.4. The van der Waals surface area contributed by atoms with Gasteiger partial charge in [0.25, 0.3) is 0 Å². The zero-order valence-electron chi connectivity index (χ0n) is 40.5. The van der Waals surface area contributed by atoms with Gasteiger partial charge in [0.1, 0.15) is 6.10 Å². The minimum atomic E-state index is -0.805. The zero-order valence-corrected chi connectivity index (χ0v) is 40.5. The lowest BCUT2D eigenvalue weighted by atomic mass is 10.0. The summed E-state index contributed by atoms with van der Waals surface area (Å²) in [6, 6.07) is -0.722. The minimum Gasteiger partial charge on any atom is -0.462 e. The summed E-state index contributed by atoms with van der Waals surface area (Å²) in [5.41, 5.74) is 0. The molecule has 0 aliphatic heterocycles. The molecule has 356 valence electrons. The molecule has 1 amide bonds. The third-order valence-corrected chi connectivity index (χ3v) is 11.3. The van der Waals surface area contributed by atoms with Crippen LogP contribution in [0.25, 0.3) is 0 Å². The van der Waals surface area contributed by atoms with Crippen LogP contribution >= 0.6 is 0 Å². The number of hydrogen-bond donors (Lipinski definition) is 3. The number of aliphatic hydroxyl groups excluding tert-OH is 2. The van der Waals surface area contributed by atoms with Crippen LogP contribution in [0, 0.1) is 0 Å². The van der Waals surface area contributed by atoms with Crippen LogP contribution < -0.4 is 5.32 Å². The molecule has 0 rings (SSSR count). The lowest BCUT2D eigenvalue weighted by Crippen LogP contribution is -2.46. The van der Waals surface area contributed by atoms with Gasteiger partial charge in [-0.25, -0.2) is 0 Å². The van der Waals surface area contributed by atoms with Crippen LogP contribution in [-0.4, -0.2) is 46.9 Å². The van der Waals surface area contributed by atoms with Gasteiger partial charge in [0, 0.05) is 6.42 Å². The number of esters is 1. The predicted molar refractivity (Wildman–Crippen MR) is 268 cm³/mol. The SMILES string of the molecule is CCC/C=C/C=C/C=C/C=C/C=C/CCCCCC(CC(=O)NC(CO)C(O)CCCCCCCCCCCCCC)OC(=O)CCCCCCCC/C=C/C=C/CCCCC. The number of nitrogens with one attached hydrogen (secondary N) is 1. The molecule has 0 radical (unpaired) electrons. The van der Waals surface area contributed by atoms with Crippen LogP contribution in [0.15, 0.2) is 85.1 Å². The molecule has 0 aliphatic carbocycles. The molecule has 0 aromatic rings. The van der Waals surface area contributed by atoms with E-state index in [0.29, 0.717) is 19.3 Å². The molecule has 0 fully saturated rings. The molecule has 3 atom stereocenters. The Hall–Kier alpha value is -2.96. The number of carbonyl (C=O) groups is 2. The Morgan fingerprint density at radius 2 is 0.855 bits per heavy atom. The maximum Gasteiger partial charge on any atom is 0.306 e. The van der Waals surface area contributed by atoms with Gasteiger partial charge in [-0.1, -0.05) is 234 Å². The van der Waals surface area contributed by atoms with E-state index >= 15 is 0 Å². The van der Waals surface area contributed by atoms with Crippen molar-refractivity contribution in [1.82, 2.24) is 5.32 Å². The molecule has 0 saturated carbocycles. The lowest BCUT2D eigenvalue weighted by molar-refractivity contribution is -0.151. The van der Waals surface area contributed by atoms with Gasteiger partial charge in [-0.2, -0.15) is 0 Å². The van der Waals surface area contributed by atoms with Gasteiger partial charge < -0.3 is 20.3 Å². The summed E-state index contributed by atoms with van der Waals surface area (Å²) in [6.45, 7) is 6.34. The fourth-order valence-electron chi connectivity index (χ4n) is 7.39. The Labute approximate surface area is 383 Å². The number of hydrogen-bond acceptors (Lipinski definition) is 5. The highest BCUT2D eigenvalue weighted by Gasteiger charge is 2.24. The van der Waals surface area contributed by atoms with E-state index in [1.165, 1.54) is 109 Å². The van der Waals surface area contributed by atoms with Crippen LogP contribution in [0.5, 0.6) is 0 Å². The van der Waals surface area contributed by atoms with Crippen molar-refractivity contribution in [1.29, 1.82) is 0 Å². The average molecular weight is 864 g/mol. The molecule has 0 aliphatic rings. The van der Waals surface area contributed by atoms with Gasteiger partial charge in [-0.05, 0) is 70.6 Å². The number of ether oxygens (including phenoxy) is 1. The standard InChI is InChI=1S/C56H97NO5/c1-4-7-10-13-16-19-22-25-27-29-30-32-35-38-41-44-47-52(62-56(61)49-46-43-40-37-34-31-28-26-23-20-17-14-11-8-5-2)50-55(60)57-53(51-58)54(59)48-45-42-39-36-33-24-21-18-15-12-9-6-3/h10,13,16-17,19-20,22-23,25-27,29-30,32,52-54,58-59H,4-9,11-12,14-15,18,21,24,28,31,33-51H2,1-3H3,(H,57,60)/b13-10+,19-16+,20-17+,25-22+,26-23+,29-27+,32-30+. The minimum absolute atomic E-state index is 0.0408. The first-order valence-electron chi connectivity index (χ1n) is 25.9. The van der Waals surface area contributed by atoms with E-state index in [2.05, 4.69) is 74.7 Å². The normalized spacial score (nSPS) is 14.0. The number of rotatable bonds is 45. The highest BCUT2D eigenvalue weighted by Crippen LogP contribution is 2.17. The highest BCUT2D eigenvalue weighted by molar-refractivity contribution is 5.77. The lowest BCUT2D eigenvalue weighted by Gasteiger charge is -2.24. The Morgan fingerprint density at radius 3 is 1.37 bits per heavy atom. The third kappa shape index (κ3) is 43.7. The first-order chi connectivity index (χ1) is 30.5. The molecule has 0 bridgehead atoms. The van der Waals surface area contributed by atoms with Crippen molar-refractivity contribution in [2.24, 2.45) is 0 Å². The van der Waals surface area contributed by atoms with Gasteiger partial charge in [0.15, 0.2) is 0 Å². The van der Waals surface area contributed by atoms with Crippen molar-refractivity contribution < 1.29 is 24.5 Å². The predicted octanol–water partition coefficient (Wildman–Crippen LogP) is 15.6. The molecule has 62 heavy (non-hydrogen) atoms. The molecule has 6 nitrogen and oxygen atoms in total. The Balaban J connectivity index is 4.73. The van der Waals surface area contributed by atoms with Gasteiger partial charge >= 0.3 is 5.97 Å². The van der Waals surface area contributed by atoms with E-state index in [1.807, 2.05) is 36.5 Å². The van der Waals surface area contributed by atoms with Crippen LogP contribution in [0.2, 0.25) is 0 Å². The highest BCUT2D eigenvalue weighted by atomic mass is 16.5. The van der Waals surface area contributed by atoms with Gasteiger partial charge in [0.05, 0.1) is 25.2 Å². The van der Waals surface area contributed by atoms with Crippen LogP contribution in [0.1, 0.15) is 233 Å². The molecule has 3 unspecified atom stereocenters. The van der Waals surface area contributed by atoms with Gasteiger partial charge in [0.2, 0.25) is 5.91 Å². The third-order valence-electron chi connectivity index (χ3n) is 11.3. The monoisotopic (exact) mass is 864 g/mol. The molecule has 0 aromatic heterocycles. The van der Waals surface area contributed by atoms with Crippen molar-refractivity contribution in [2.75, 3.05) is 6.61 Å². The van der Waals surface area contributed by atoms with Crippen LogP contribution in [0.3, 0.4) is 0 Å². The number of unbranched alkanes of at least 4 members (excludes halogenated alkanes) is 24. The molecule has 6 heteroatoms. The Kier molecular flexibility index (Phi) is 46.7. The number of amides is 1. The number of carbonyl (C=O) groups excluding carboxylic acids is 2. The molecule has 0 spiro atoms. The second-order valence-electron chi connectivity index (χ2n) is 17.4. The maximum atomic E-state index is 13.2. The number of allylic oxidation sites excluding steroid dienone is 14. The van der Waals surface area contributed by atoms with Gasteiger partial charge in [-0.15, -0.1) is 0 Å². The Morgan fingerprint density at radius 1 is 0.468 bits per heavy atom. The second kappa shape index (κ2) is 49.1. The largest absolute Gasteiger partial charge is 0.462 e. The maximum absolute atomic E-state index is 13.2. The molecular weight excluding hydrogens is 767 g/mol. The summed E-state index contributed by atoms with van der Waals surface area (Å²) in [4.78, 5) is 26.2. The first-order valence-corrected chi connectivity index (χ1v) is 25.9. The van der Waals surface area contributed by atoms with Crippen molar-refractivity contribution in [2.45, 2.75) is 251 Å². The fraction of sp³-hybridized carbons (Fsp3) is 0.714. The van der Waals surface area contributed by atoms with Crippen molar-refractivity contribution in [3.63, 3.8) is 0 Å². The number of aliphatic hydroxyl groups is 2. The summed E-state index contributed by atoms with van der Waals surface area (Å²) in [7, 11) is 0. The van der Waals surface area contributed by atoms with E-state index in [1.54, 1.807) is 0 Å². The molecule has 3 N–H and O–H groups in total. The molecular formula is C56H97NO5. The topological polar surface area (TPSA) is 95.9 Å². The van der Waals surface area contributed by atoms with Crippen molar-refractivity contribution in [3.05, 3.63) is 85.1 Å². The van der Waals surface area contributed by atoms with E-state index in [9.17, 15) is 19.8 Å². The molecule has 0 heterocycles. The van der Waals surface area contributed by atoms with Crippen molar-refractivity contribution in [3.8, 4) is 0 Å². The quantitative estimate of drug-likeness (QED) is 0.0322. The summed E-state index contributed by atoms with van der Waals surface area (Å²) < 4.78 is 5.91. The average Bonchev–Trinajstić information content (AvgIpc) is 3.26. The van der Waals surface area contributed by atoms with E-state index < -0.39 is 18.2 Å². The summed E-state index contributed by atoms with van der Waals surface area (Å²) in [5.74, 6) is -0.533. The fourth-order valence-corrected chi connectivity index (χ4v) is 7.39. The molecule has 0 aromatic carbocycles. The smallest absolute Gasteiger partial charge is 0.306 e. The summed E-state index contributed by atoms with van der Waals surface area (Å²) in [6.07, 6.45) is 63.4. The van der Waals surface area contributed by atoms with Crippen LogP contribution in [-0.2, 0) is 14.3 Å². The van der Waals surface area contributed by atoms with E-state index in [4.69, 9.17) is 4.74 Å². The van der Waals surface area contributed by atoms with Gasteiger partial charge in [-0.3, -0.25) is 9.59 Å².